The van der Waals surface area contributed by atoms with Crippen LogP contribution in [0.3, 0.4) is 0 Å². The van der Waals surface area contributed by atoms with E-state index in [1.165, 1.54) is 17.9 Å². The fourth-order valence-electron chi connectivity index (χ4n) is 2.08. The molecule has 88 valence electrons. The molecule has 4 heteroatoms. The second-order valence-corrected chi connectivity index (χ2v) is 6.51. The summed E-state index contributed by atoms with van der Waals surface area (Å²) >= 11 is 7.88. The third-order valence-electron chi connectivity index (χ3n) is 2.71. The van der Waals surface area contributed by atoms with Crippen molar-refractivity contribution in [2.75, 3.05) is 16.8 Å². The molecule has 1 aromatic rings. The van der Waals surface area contributed by atoms with Crippen molar-refractivity contribution in [1.29, 1.82) is 0 Å². The fraction of sp³-hybridized carbons (Fsp3) is 0.583. The first kappa shape index (κ1) is 12.1. The highest BCUT2D eigenvalue weighted by Gasteiger charge is 2.28. The molecule has 0 saturated carbocycles. The molecule has 1 aliphatic rings. The van der Waals surface area contributed by atoms with Gasteiger partial charge in [-0.25, -0.2) is 4.98 Å². The van der Waals surface area contributed by atoms with Crippen LogP contribution >= 0.6 is 23.4 Å². The maximum atomic E-state index is 5.86. The molecule has 1 aromatic heterocycles. The molecule has 1 atom stereocenters. The summed E-state index contributed by atoms with van der Waals surface area (Å²) in [5, 5.41) is 4.08. The van der Waals surface area contributed by atoms with E-state index in [-0.39, 0.29) is 0 Å². The van der Waals surface area contributed by atoms with E-state index in [9.17, 15) is 0 Å². The summed E-state index contributed by atoms with van der Waals surface area (Å²) in [6.45, 7) is 4.65. The molecule has 16 heavy (non-hydrogen) atoms. The van der Waals surface area contributed by atoms with Gasteiger partial charge in [0.1, 0.15) is 5.15 Å². The number of hydrogen-bond acceptors (Lipinski definition) is 3. The number of thioether (sulfide) groups is 1. The molecule has 0 radical (unpaired) electrons. The molecule has 1 fully saturated rings. The van der Waals surface area contributed by atoms with Gasteiger partial charge in [-0.1, -0.05) is 25.4 Å². The molecular formula is C12H17ClN2S. The lowest BCUT2D eigenvalue weighted by atomic mass is 9.88. The average Bonchev–Trinajstić information content (AvgIpc) is 2.15. The van der Waals surface area contributed by atoms with Crippen molar-refractivity contribution in [1.82, 2.24) is 4.98 Å². The Bertz CT molecular complexity index is 368. The van der Waals surface area contributed by atoms with Crippen LogP contribution in [0.1, 0.15) is 20.3 Å². The Morgan fingerprint density at radius 2 is 2.38 bits per heavy atom. The van der Waals surface area contributed by atoms with Crippen LogP contribution in [0.5, 0.6) is 0 Å². The van der Waals surface area contributed by atoms with Gasteiger partial charge in [0.15, 0.2) is 0 Å². The number of rotatable bonds is 2. The first-order valence-corrected chi connectivity index (χ1v) is 7.04. The summed E-state index contributed by atoms with van der Waals surface area (Å²) < 4.78 is 0. The Balaban J connectivity index is 1.99. The first-order chi connectivity index (χ1) is 7.55. The van der Waals surface area contributed by atoms with Crippen molar-refractivity contribution in [2.24, 2.45) is 5.41 Å². The van der Waals surface area contributed by atoms with Crippen LogP contribution < -0.4 is 5.32 Å². The normalized spacial score (nSPS) is 24.1. The molecule has 0 spiro atoms. The molecule has 1 aliphatic heterocycles. The minimum atomic E-state index is 0.428. The smallest absolute Gasteiger partial charge is 0.131 e. The highest BCUT2D eigenvalue weighted by Crippen LogP contribution is 2.34. The molecule has 2 rings (SSSR count). The molecule has 1 N–H and O–H groups in total. The molecular weight excluding hydrogens is 240 g/mol. The zero-order chi connectivity index (χ0) is 11.6. The fourth-order valence-corrected chi connectivity index (χ4v) is 3.53. The quantitative estimate of drug-likeness (QED) is 0.818. The molecule has 2 heterocycles. The van der Waals surface area contributed by atoms with Gasteiger partial charge >= 0.3 is 0 Å². The van der Waals surface area contributed by atoms with Gasteiger partial charge in [0.25, 0.3) is 0 Å². The summed E-state index contributed by atoms with van der Waals surface area (Å²) in [4.78, 5) is 3.98. The summed E-state index contributed by atoms with van der Waals surface area (Å²) in [6.07, 6.45) is 2.95. The maximum Gasteiger partial charge on any atom is 0.131 e. The number of nitrogens with one attached hydrogen (secondary N) is 1. The zero-order valence-corrected chi connectivity index (χ0v) is 11.2. The number of anilines is 1. The van der Waals surface area contributed by atoms with Gasteiger partial charge in [-0.15, -0.1) is 0 Å². The topological polar surface area (TPSA) is 24.9 Å². The van der Waals surface area contributed by atoms with E-state index in [0.717, 1.165) is 5.69 Å². The van der Waals surface area contributed by atoms with E-state index in [0.29, 0.717) is 16.6 Å². The third kappa shape index (κ3) is 3.29. The third-order valence-corrected chi connectivity index (χ3v) is 4.54. The Morgan fingerprint density at radius 3 is 3.06 bits per heavy atom. The summed E-state index contributed by atoms with van der Waals surface area (Å²) in [6, 6.07) is 4.39. The standard InChI is InChI=1S/C12H17ClN2S/c1-12(2)6-10(7-16-8-12)15-9-3-4-14-11(13)5-9/h3-5,10H,6-8H2,1-2H3,(H,14,15). The molecule has 0 aromatic carbocycles. The van der Waals surface area contributed by atoms with Crippen LogP contribution in [0.15, 0.2) is 18.3 Å². The van der Waals surface area contributed by atoms with Crippen molar-refractivity contribution >= 4 is 29.1 Å². The van der Waals surface area contributed by atoms with Crippen LogP contribution in [0.2, 0.25) is 5.15 Å². The van der Waals surface area contributed by atoms with Crippen LogP contribution in [0.4, 0.5) is 5.69 Å². The van der Waals surface area contributed by atoms with E-state index in [4.69, 9.17) is 11.6 Å². The van der Waals surface area contributed by atoms with Gasteiger partial charge in [0.05, 0.1) is 0 Å². The second kappa shape index (κ2) is 4.84. The van der Waals surface area contributed by atoms with Crippen LogP contribution in [-0.4, -0.2) is 22.5 Å². The second-order valence-electron chi connectivity index (χ2n) is 5.09. The summed E-state index contributed by atoms with van der Waals surface area (Å²) in [5.74, 6) is 2.42. The van der Waals surface area contributed by atoms with Gasteiger partial charge in [0, 0.05) is 23.7 Å². The van der Waals surface area contributed by atoms with Gasteiger partial charge in [0.2, 0.25) is 0 Å². The number of aromatic nitrogens is 1. The largest absolute Gasteiger partial charge is 0.381 e. The minimum Gasteiger partial charge on any atom is -0.381 e. The SMILES string of the molecule is CC1(C)CSCC(Nc2ccnc(Cl)c2)C1. The molecule has 0 bridgehead atoms. The summed E-state index contributed by atoms with van der Waals surface area (Å²) in [7, 11) is 0. The Morgan fingerprint density at radius 1 is 1.56 bits per heavy atom. The predicted molar refractivity (Wildman–Crippen MR) is 72.4 cm³/mol. The number of halogens is 1. The van der Waals surface area contributed by atoms with Crippen molar-refractivity contribution < 1.29 is 0 Å². The van der Waals surface area contributed by atoms with E-state index < -0.39 is 0 Å². The highest BCUT2D eigenvalue weighted by molar-refractivity contribution is 7.99. The molecule has 1 saturated heterocycles. The number of pyridine rings is 1. The lowest BCUT2D eigenvalue weighted by Crippen LogP contribution is -2.35. The van der Waals surface area contributed by atoms with E-state index in [1.54, 1.807) is 6.20 Å². The predicted octanol–water partition coefficient (Wildman–Crippen LogP) is 3.68. The number of hydrogen-bond donors (Lipinski definition) is 1. The monoisotopic (exact) mass is 256 g/mol. The molecule has 2 nitrogen and oxygen atoms in total. The van der Waals surface area contributed by atoms with Gasteiger partial charge < -0.3 is 5.32 Å². The lowest BCUT2D eigenvalue weighted by Gasteiger charge is -2.35. The van der Waals surface area contributed by atoms with Gasteiger partial charge in [-0.05, 0) is 29.7 Å². The van der Waals surface area contributed by atoms with Crippen LogP contribution in [-0.2, 0) is 0 Å². The van der Waals surface area contributed by atoms with Gasteiger partial charge in [-0.2, -0.15) is 11.8 Å². The minimum absolute atomic E-state index is 0.428. The highest BCUT2D eigenvalue weighted by atomic mass is 35.5. The molecule has 1 unspecified atom stereocenters. The average molecular weight is 257 g/mol. The maximum absolute atomic E-state index is 5.86. The van der Waals surface area contributed by atoms with Gasteiger partial charge in [-0.3, -0.25) is 0 Å². The van der Waals surface area contributed by atoms with Crippen molar-refractivity contribution in [2.45, 2.75) is 26.3 Å². The molecule has 0 aliphatic carbocycles. The molecule has 0 amide bonds. The van der Waals surface area contributed by atoms with E-state index >= 15 is 0 Å². The summed E-state index contributed by atoms with van der Waals surface area (Å²) in [5.41, 5.74) is 1.50. The number of nitrogens with zero attached hydrogens (tertiary/aromatic N) is 1. The van der Waals surface area contributed by atoms with Crippen molar-refractivity contribution in [3.63, 3.8) is 0 Å². The van der Waals surface area contributed by atoms with Crippen molar-refractivity contribution in [3.05, 3.63) is 23.5 Å². The van der Waals surface area contributed by atoms with Crippen LogP contribution in [0.25, 0.3) is 0 Å². The zero-order valence-electron chi connectivity index (χ0n) is 9.66. The van der Waals surface area contributed by atoms with E-state index in [2.05, 4.69) is 24.1 Å². The Hall–Kier alpha value is -0.410. The van der Waals surface area contributed by atoms with Crippen LogP contribution in [0, 0.1) is 5.41 Å². The first-order valence-electron chi connectivity index (χ1n) is 5.51. The lowest BCUT2D eigenvalue weighted by molar-refractivity contribution is 0.358. The van der Waals surface area contributed by atoms with E-state index in [1.807, 2.05) is 23.9 Å². The Labute approximate surface area is 106 Å². The van der Waals surface area contributed by atoms with Crippen molar-refractivity contribution in [3.8, 4) is 0 Å². The Kier molecular flexibility index (Phi) is 3.65.